The molecule has 0 spiro atoms. The summed E-state index contributed by atoms with van der Waals surface area (Å²) in [5, 5.41) is 22.7. The number of carbonyl (C=O) groups is 2. The van der Waals surface area contributed by atoms with Crippen molar-refractivity contribution in [3.8, 4) is 0 Å². The predicted molar refractivity (Wildman–Crippen MR) is 144 cm³/mol. The van der Waals surface area contributed by atoms with E-state index in [1.165, 1.54) is 6.92 Å². The first kappa shape index (κ1) is 28.5. The maximum Gasteiger partial charge on any atom is 0.303 e. The summed E-state index contributed by atoms with van der Waals surface area (Å²) in [6.45, 7) is 16.1. The average Bonchev–Trinajstić information content (AvgIpc) is 3.04. The molecule has 6 nitrogen and oxygen atoms in total. The van der Waals surface area contributed by atoms with E-state index >= 15 is 0 Å². The van der Waals surface area contributed by atoms with Gasteiger partial charge in [-0.15, -0.1) is 0 Å². The first-order valence-electron chi connectivity index (χ1n) is 14.3. The monoisotopic (exact) mass is 515 g/mol. The number of allylic oxidation sites excluding steroid dienone is 3. The molecule has 0 heterocycles. The summed E-state index contributed by atoms with van der Waals surface area (Å²) in [5.41, 5.74) is 8.79. The van der Waals surface area contributed by atoms with Crippen LogP contribution in [0.4, 0.5) is 0 Å². The van der Waals surface area contributed by atoms with Crippen LogP contribution >= 0.6 is 0 Å². The van der Waals surface area contributed by atoms with E-state index < -0.39 is 18.3 Å². The third-order valence-electron chi connectivity index (χ3n) is 11.7. The lowest BCUT2D eigenvalue weighted by atomic mass is 9.35. The van der Waals surface area contributed by atoms with Gasteiger partial charge in [0.25, 0.3) is 0 Å². The zero-order valence-electron chi connectivity index (χ0n) is 24.1. The molecule has 0 bridgehead atoms. The number of Topliss-reactive ketones (excluding diaryl/α,β-unsaturated/α-hetero) is 1. The molecule has 0 aromatic carbocycles. The minimum atomic E-state index is -0.591. The molecule has 37 heavy (non-hydrogen) atoms. The van der Waals surface area contributed by atoms with Gasteiger partial charge >= 0.3 is 5.97 Å². The van der Waals surface area contributed by atoms with E-state index in [9.17, 15) is 19.8 Å². The van der Waals surface area contributed by atoms with Crippen molar-refractivity contribution >= 4 is 11.8 Å². The quantitative estimate of drug-likeness (QED) is 0.284. The third kappa shape index (κ3) is 4.17. The third-order valence-corrected chi connectivity index (χ3v) is 11.7. The second-order valence-corrected chi connectivity index (χ2v) is 13.7. The summed E-state index contributed by atoms with van der Waals surface area (Å²) in [5.74, 6) is -0.0618. The Morgan fingerprint density at radius 1 is 1.05 bits per heavy atom. The number of aliphatic hydroxyl groups is 2. The molecular formula is C31H49NO5. The van der Waals surface area contributed by atoms with Gasteiger partial charge < -0.3 is 20.7 Å². The maximum absolute atomic E-state index is 13.0. The van der Waals surface area contributed by atoms with Gasteiger partial charge in [0.05, 0.1) is 12.2 Å². The fourth-order valence-electron chi connectivity index (χ4n) is 9.73. The van der Waals surface area contributed by atoms with Crippen LogP contribution in [-0.4, -0.2) is 46.3 Å². The molecule has 4 N–H and O–H groups in total. The molecule has 0 aliphatic heterocycles. The molecule has 0 radical (unpaired) electrons. The fraction of sp³-hybridized carbons (Fsp3) is 0.806. The topological polar surface area (TPSA) is 110 Å². The highest BCUT2D eigenvalue weighted by Crippen LogP contribution is 2.74. The lowest BCUT2D eigenvalue weighted by Gasteiger charge is -2.70. The van der Waals surface area contributed by atoms with Crippen molar-refractivity contribution in [1.82, 2.24) is 0 Å². The van der Waals surface area contributed by atoms with Crippen LogP contribution in [0.1, 0.15) is 93.9 Å². The van der Waals surface area contributed by atoms with Gasteiger partial charge in [0.1, 0.15) is 6.10 Å². The molecule has 0 amide bonds. The Kier molecular flexibility index (Phi) is 7.40. The van der Waals surface area contributed by atoms with E-state index in [1.807, 2.05) is 13.8 Å². The highest BCUT2D eigenvalue weighted by Gasteiger charge is 2.72. The first-order chi connectivity index (χ1) is 17.1. The van der Waals surface area contributed by atoms with Gasteiger partial charge in [-0.2, -0.15) is 0 Å². The Balaban J connectivity index is 1.87. The standard InChI is InChI=1S/C31H49NO5/c1-16(2)9-10-20(18(4)33)27-22-13-24(36)28-29(6,30(22,7)15-25(27)37-19(5)34)12-11-21-17(3)23(35)14-26(32)31(21,28)8/h9,17,21-26,28,35-36H,10-15,32H2,1-8H3/b27-20-/t17-,21-,22-,23+,24+,25-,26+,28+,29-,30-,31+/m0/s1. The van der Waals surface area contributed by atoms with Crippen LogP contribution in [0.5, 0.6) is 0 Å². The lowest BCUT2D eigenvalue weighted by Crippen LogP contribution is -2.70. The van der Waals surface area contributed by atoms with Crippen molar-refractivity contribution in [2.24, 2.45) is 45.7 Å². The smallest absolute Gasteiger partial charge is 0.303 e. The molecule has 11 atom stereocenters. The summed E-state index contributed by atoms with van der Waals surface area (Å²) in [7, 11) is 0. The summed E-state index contributed by atoms with van der Waals surface area (Å²) in [6, 6.07) is -0.200. The highest BCUT2D eigenvalue weighted by atomic mass is 16.5. The van der Waals surface area contributed by atoms with Crippen molar-refractivity contribution in [2.75, 3.05) is 0 Å². The maximum atomic E-state index is 13.0. The lowest BCUT2D eigenvalue weighted by molar-refractivity contribution is -0.239. The van der Waals surface area contributed by atoms with Crippen LogP contribution in [0.3, 0.4) is 0 Å². The van der Waals surface area contributed by atoms with Gasteiger partial charge in [-0.3, -0.25) is 9.59 Å². The van der Waals surface area contributed by atoms with Crippen molar-refractivity contribution in [3.05, 3.63) is 22.8 Å². The summed E-state index contributed by atoms with van der Waals surface area (Å²) >= 11 is 0. The Labute approximate surface area is 223 Å². The SMILES string of the molecule is CC(=O)O[C@H]1C[C@@]2(C)[C@@H](C[C@@H](O)[C@H]3[C@@]4(C)[C@H](N)C[C@@H](O)[C@@H](C)[C@@H]4CC[C@@]32C)/C1=C(\CC=C(C)C)C(C)=O. The number of hydrogen-bond acceptors (Lipinski definition) is 6. The van der Waals surface area contributed by atoms with E-state index in [0.717, 1.165) is 29.6 Å². The number of fused-ring (bicyclic) bond motifs is 5. The number of ether oxygens (including phenoxy) is 1. The van der Waals surface area contributed by atoms with Crippen LogP contribution in [-0.2, 0) is 14.3 Å². The van der Waals surface area contributed by atoms with Gasteiger partial charge in [-0.1, -0.05) is 39.3 Å². The molecule has 4 fully saturated rings. The minimum absolute atomic E-state index is 0.00320. The van der Waals surface area contributed by atoms with Crippen molar-refractivity contribution in [3.63, 3.8) is 0 Å². The molecule has 4 rings (SSSR count). The number of ketones is 1. The van der Waals surface area contributed by atoms with Crippen LogP contribution < -0.4 is 5.73 Å². The molecule has 0 aromatic rings. The Hall–Kier alpha value is -1.50. The average molecular weight is 516 g/mol. The largest absolute Gasteiger partial charge is 0.458 e. The van der Waals surface area contributed by atoms with E-state index in [-0.39, 0.29) is 57.7 Å². The molecule has 4 saturated carbocycles. The molecule has 6 heteroatoms. The highest BCUT2D eigenvalue weighted by molar-refractivity contribution is 5.94. The molecule has 4 aliphatic rings. The summed E-state index contributed by atoms with van der Waals surface area (Å²) in [6.07, 6.45) is 4.68. The van der Waals surface area contributed by atoms with E-state index in [2.05, 4.69) is 33.8 Å². The zero-order valence-corrected chi connectivity index (χ0v) is 24.1. The fourth-order valence-corrected chi connectivity index (χ4v) is 9.73. The van der Waals surface area contributed by atoms with E-state index in [1.54, 1.807) is 6.92 Å². The number of hydrogen-bond donors (Lipinski definition) is 3. The normalized spacial score (nSPS) is 48.3. The van der Waals surface area contributed by atoms with Gasteiger partial charge in [0.15, 0.2) is 5.78 Å². The van der Waals surface area contributed by atoms with Crippen molar-refractivity contribution in [2.45, 2.75) is 118 Å². The van der Waals surface area contributed by atoms with Crippen LogP contribution in [0.2, 0.25) is 0 Å². The Bertz CT molecular complexity index is 1010. The number of rotatable bonds is 4. The Morgan fingerprint density at radius 2 is 1.70 bits per heavy atom. The van der Waals surface area contributed by atoms with Gasteiger partial charge in [0, 0.05) is 18.5 Å². The van der Waals surface area contributed by atoms with Crippen molar-refractivity contribution in [1.29, 1.82) is 0 Å². The van der Waals surface area contributed by atoms with Crippen LogP contribution in [0.15, 0.2) is 22.8 Å². The zero-order chi connectivity index (χ0) is 27.7. The molecule has 208 valence electrons. The molecule has 0 unspecified atom stereocenters. The van der Waals surface area contributed by atoms with Gasteiger partial charge in [0.2, 0.25) is 0 Å². The second kappa shape index (κ2) is 9.60. The predicted octanol–water partition coefficient (Wildman–Crippen LogP) is 4.72. The van der Waals surface area contributed by atoms with Crippen LogP contribution in [0, 0.1) is 39.9 Å². The molecule has 4 aliphatic carbocycles. The number of nitrogens with two attached hydrogens (primary N) is 1. The molecular weight excluding hydrogens is 466 g/mol. The van der Waals surface area contributed by atoms with Crippen molar-refractivity contribution < 1.29 is 24.5 Å². The van der Waals surface area contributed by atoms with Gasteiger partial charge in [-0.05, 0) is 105 Å². The number of aliphatic hydroxyl groups excluding tert-OH is 2. The minimum Gasteiger partial charge on any atom is -0.458 e. The summed E-state index contributed by atoms with van der Waals surface area (Å²) in [4.78, 5) is 25.3. The number of carbonyl (C=O) groups excluding carboxylic acids is 2. The molecule has 0 saturated heterocycles. The summed E-state index contributed by atoms with van der Waals surface area (Å²) < 4.78 is 5.95. The van der Waals surface area contributed by atoms with E-state index in [0.29, 0.717) is 25.7 Å². The first-order valence-corrected chi connectivity index (χ1v) is 14.3. The molecule has 0 aromatic heterocycles. The van der Waals surface area contributed by atoms with Crippen LogP contribution in [0.25, 0.3) is 0 Å². The number of esters is 1. The second-order valence-electron chi connectivity index (χ2n) is 13.7. The Morgan fingerprint density at radius 3 is 2.27 bits per heavy atom. The van der Waals surface area contributed by atoms with Gasteiger partial charge in [-0.25, -0.2) is 0 Å². The van der Waals surface area contributed by atoms with E-state index in [4.69, 9.17) is 10.5 Å².